The van der Waals surface area contributed by atoms with Crippen LogP contribution in [0.1, 0.15) is 68.8 Å². The molecular formula is C39H41NO3S. The Morgan fingerprint density at radius 1 is 0.750 bits per heavy atom. The van der Waals surface area contributed by atoms with Gasteiger partial charge < -0.3 is 19.9 Å². The molecule has 1 aliphatic rings. The molecule has 4 nitrogen and oxygen atoms in total. The molecule has 1 heterocycles. The second-order valence-corrected chi connectivity index (χ2v) is 12.7. The number of hydrogen-bond acceptors (Lipinski definition) is 5. The fourth-order valence-electron chi connectivity index (χ4n) is 6.75. The third kappa shape index (κ3) is 5.68. The van der Waals surface area contributed by atoms with Gasteiger partial charge in [0.05, 0.1) is 20.8 Å². The lowest BCUT2D eigenvalue weighted by molar-refractivity contribution is 0.00125. The van der Waals surface area contributed by atoms with Crippen molar-refractivity contribution in [2.75, 3.05) is 14.2 Å². The molecular weight excluding hydrogens is 563 g/mol. The number of nitrogens with two attached hydrogens (primary N) is 1. The van der Waals surface area contributed by atoms with Gasteiger partial charge in [-0.25, -0.2) is 0 Å². The van der Waals surface area contributed by atoms with Crippen LogP contribution >= 0.6 is 11.3 Å². The normalized spacial score (nSPS) is 16.4. The highest BCUT2D eigenvalue weighted by Gasteiger charge is 2.39. The van der Waals surface area contributed by atoms with Gasteiger partial charge >= 0.3 is 0 Å². The summed E-state index contributed by atoms with van der Waals surface area (Å²) in [7, 11) is 3.39. The average molecular weight is 604 g/mol. The maximum atomic E-state index is 7.33. The molecule has 1 aromatic heterocycles. The smallest absolute Gasteiger partial charge is 0.161 e. The van der Waals surface area contributed by atoms with Crippen LogP contribution in [0.3, 0.4) is 0 Å². The van der Waals surface area contributed by atoms with Crippen molar-refractivity contribution in [2.45, 2.75) is 56.8 Å². The van der Waals surface area contributed by atoms with E-state index >= 15 is 0 Å². The molecule has 2 atom stereocenters. The molecule has 0 unspecified atom stereocenters. The first-order valence-corrected chi connectivity index (χ1v) is 16.3. The summed E-state index contributed by atoms with van der Waals surface area (Å²) in [4.78, 5) is 2.59. The zero-order chi connectivity index (χ0) is 30.5. The minimum absolute atomic E-state index is 0.00875. The van der Waals surface area contributed by atoms with Gasteiger partial charge in [-0.3, -0.25) is 0 Å². The van der Waals surface area contributed by atoms with Gasteiger partial charge in [-0.2, -0.15) is 0 Å². The molecule has 0 saturated carbocycles. The lowest BCUT2D eigenvalue weighted by Gasteiger charge is -2.36. The van der Waals surface area contributed by atoms with Crippen molar-refractivity contribution in [1.29, 1.82) is 0 Å². The fourth-order valence-corrected chi connectivity index (χ4v) is 7.98. The number of benzene rings is 4. The topological polar surface area (TPSA) is 53.7 Å². The second-order valence-electron chi connectivity index (χ2n) is 11.5. The standard InChI is InChI=1S/C39H41NO3S/c1-4-14-31-24-33(38-32-25-36(42-3)35(41-2)23-27(32)21-22-34(38)40)37(44-31)26-43-39(28-15-8-5-9-16-28,29-17-10-6-11-18-29)30-19-12-7-13-20-30/h5-13,15-20,23-25,34,38H,4,14,21-22,26,40H2,1-3H3/t34-,38+/m1/s1. The molecule has 0 amide bonds. The van der Waals surface area contributed by atoms with Crippen molar-refractivity contribution in [3.63, 3.8) is 0 Å². The summed E-state index contributed by atoms with van der Waals surface area (Å²) in [6.07, 6.45) is 3.94. The van der Waals surface area contributed by atoms with Crippen LogP contribution in [0.2, 0.25) is 0 Å². The Balaban J connectivity index is 1.48. The van der Waals surface area contributed by atoms with E-state index < -0.39 is 5.60 Å². The van der Waals surface area contributed by atoms with Crippen LogP contribution < -0.4 is 15.2 Å². The zero-order valence-electron chi connectivity index (χ0n) is 25.8. The van der Waals surface area contributed by atoms with Crippen LogP contribution in [-0.2, 0) is 29.8 Å². The molecule has 0 bridgehead atoms. The maximum Gasteiger partial charge on any atom is 0.161 e. The third-order valence-electron chi connectivity index (χ3n) is 8.84. The first kappa shape index (κ1) is 30.1. The van der Waals surface area contributed by atoms with Gasteiger partial charge in [0.1, 0.15) is 5.60 Å². The minimum atomic E-state index is -0.793. The number of hydrogen-bond donors (Lipinski definition) is 1. The summed E-state index contributed by atoms with van der Waals surface area (Å²) >= 11 is 1.86. The molecule has 2 N–H and O–H groups in total. The first-order chi connectivity index (χ1) is 21.6. The predicted octanol–water partition coefficient (Wildman–Crippen LogP) is 8.63. The van der Waals surface area contributed by atoms with Crippen LogP contribution in [0, 0.1) is 0 Å². The summed E-state index contributed by atoms with van der Waals surface area (Å²) in [5.74, 6) is 1.54. The maximum absolute atomic E-state index is 7.33. The van der Waals surface area contributed by atoms with Gasteiger partial charge in [-0.1, -0.05) is 104 Å². The molecule has 5 aromatic rings. The molecule has 1 aliphatic carbocycles. The van der Waals surface area contributed by atoms with E-state index in [0.29, 0.717) is 6.61 Å². The van der Waals surface area contributed by atoms with Gasteiger partial charge in [-0.05, 0) is 70.8 Å². The summed E-state index contributed by atoms with van der Waals surface area (Å²) in [6, 6.07) is 38.4. The number of thiophene rings is 1. The molecule has 0 radical (unpaired) electrons. The number of methoxy groups -OCH3 is 2. The van der Waals surface area contributed by atoms with Crippen LogP contribution in [-0.4, -0.2) is 20.3 Å². The van der Waals surface area contributed by atoms with E-state index in [0.717, 1.165) is 53.9 Å². The van der Waals surface area contributed by atoms with Crippen LogP contribution in [0.4, 0.5) is 0 Å². The fraction of sp³-hybridized carbons (Fsp3) is 0.282. The largest absolute Gasteiger partial charge is 0.493 e. The van der Waals surface area contributed by atoms with Crippen molar-refractivity contribution in [1.82, 2.24) is 0 Å². The van der Waals surface area contributed by atoms with Gasteiger partial charge in [-0.15, -0.1) is 11.3 Å². The Morgan fingerprint density at radius 3 is 1.82 bits per heavy atom. The van der Waals surface area contributed by atoms with E-state index in [1.165, 1.54) is 26.4 Å². The van der Waals surface area contributed by atoms with E-state index in [1.807, 2.05) is 11.3 Å². The lowest BCUT2D eigenvalue weighted by atomic mass is 9.75. The van der Waals surface area contributed by atoms with Crippen molar-refractivity contribution in [2.24, 2.45) is 5.73 Å². The monoisotopic (exact) mass is 603 g/mol. The number of fused-ring (bicyclic) bond motifs is 1. The highest BCUT2D eigenvalue weighted by atomic mass is 32.1. The molecule has 226 valence electrons. The molecule has 4 aromatic carbocycles. The molecule has 0 aliphatic heterocycles. The van der Waals surface area contributed by atoms with Crippen molar-refractivity contribution >= 4 is 11.3 Å². The van der Waals surface area contributed by atoms with Crippen LogP contribution in [0.15, 0.2) is 109 Å². The Kier molecular flexibility index (Phi) is 9.17. The molecule has 0 fully saturated rings. The third-order valence-corrected chi connectivity index (χ3v) is 10.0. The summed E-state index contributed by atoms with van der Waals surface area (Å²) in [5, 5.41) is 0. The summed E-state index contributed by atoms with van der Waals surface area (Å²) < 4.78 is 18.7. The van der Waals surface area contributed by atoms with Gasteiger partial charge in [0.15, 0.2) is 11.5 Å². The number of rotatable bonds is 11. The number of ether oxygens (including phenoxy) is 3. The minimum Gasteiger partial charge on any atom is -0.493 e. The molecule has 6 rings (SSSR count). The Labute approximate surface area is 265 Å². The van der Waals surface area contributed by atoms with Crippen molar-refractivity contribution in [3.05, 3.63) is 152 Å². The van der Waals surface area contributed by atoms with E-state index in [2.05, 4.69) is 116 Å². The van der Waals surface area contributed by atoms with Gasteiger partial charge in [0.2, 0.25) is 0 Å². The molecule has 5 heteroatoms. The summed E-state index contributed by atoms with van der Waals surface area (Å²) in [5.41, 5.74) is 13.3. The van der Waals surface area contributed by atoms with Gasteiger partial charge in [0, 0.05) is 21.7 Å². The quantitative estimate of drug-likeness (QED) is 0.154. The Bertz CT molecular complexity index is 1570. The lowest BCUT2D eigenvalue weighted by Crippen LogP contribution is -2.35. The number of aryl methyl sites for hydroxylation is 2. The Hall–Kier alpha value is -3.90. The van der Waals surface area contributed by atoms with Crippen molar-refractivity contribution in [3.8, 4) is 11.5 Å². The first-order valence-electron chi connectivity index (χ1n) is 15.5. The molecule has 0 saturated heterocycles. The predicted molar refractivity (Wildman–Crippen MR) is 180 cm³/mol. The van der Waals surface area contributed by atoms with Gasteiger partial charge in [0.25, 0.3) is 0 Å². The Morgan fingerprint density at radius 2 is 1.30 bits per heavy atom. The second kappa shape index (κ2) is 13.4. The zero-order valence-corrected chi connectivity index (χ0v) is 26.6. The van der Waals surface area contributed by atoms with Crippen LogP contribution in [0.25, 0.3) is 0 Å². The molecule has 0 spiro atoms. The van der Waals surface area contributed by atoms with Crippen molar-refractivity contribution < 1.29 is 14.2 Å². The van der Waals surface area contributed by atoms with E-state index in [4.69, 9.17) is 19.9 Å². The SMILES string of the molecule is CCCc1cc([C@@H]2c3cc(OC)c(OC)cc3CC[C@H]2N)c(COC(c2ccccc2)(c2ccccc2)c2ccccc2)s1. The van der Waals surface area contributed by atoms with Crippen LogP contribution in [0.5, 0.6) is 11.5 Å². The molecule has 44 heavy (non-hydrogen) atoms. The average Bonchev–Trinajstić information content (AvgIpc) is 3.47. The summed E-state index contributed by atoms with van der Waals surface area (Å²) in [6.45, 7) is 2.69. The van der Waals surface area contributed by atoms with E-state index in [9.17, 15) is 0 Å². The highest BCUT2D eigenvalue weighted by Crippen LogP contribution is 2.46. The van der Waals surface area contributed by atoms with E-state index in [1.54, 1.807) is 14.2 Å². The highest BCUT2D eigenvalue weighted by molar-refractivity contribution is 7.12. The van der Waals surface area contributed by atoms with E-state index in [-0.39, 0.29) is 12.0 Å².